The highest BCUT2D eigenvalue weighted by atomic mass is 16.2. The Kier molecular flexibility index (Phi) is 22.6. The molecule has 1 rings (SSSR count). The summed E-state index contributed by atoms with van der Waals surface area (Å²) in [5.41, 5.74) is 7.13. The van der Waals surface area contributed by atoms with Gasteiger partial charge in [-0.2, -0.15) is 0 Å². The molecule has 41 heavy (non-hydrogen) atoms. The van der Waals surface area contributed by atoms with Crippen molar-refractivity contribution < 1.29 is 14.4 Å². The summed E-state index contributed by atoms with van der Waals surface area (Å²) in [6.45, 7) is 5.67. The minimum atomic E-state index is -0.785. The second kappa shape index (κ2) is 25.3. The highest BCUT2D eigenvalue weighted by Crippen LogP contribution is 2.10. The van der Waals surface area contributed by atoms with Crippen LogP contribution in [0, 0.1) is 0 Å². The van der Waals surface area contributed by atoms with E-state index in [1.54, 1.807) is 0 Å². The monoisotopic (exact) mass is 572 g/mol. The molecule has 0 saturated carbocycles. The van der Waals surface area contributed by atoms with Gasteiger partial charge in [-0.3, -0.25) is 14.4 Å². The predicted molar refractivity (Wildman–Crippen MR) is 171 cm³/mol. The summed E-state index contributed by atoms with van der Waals surface area (Å²) in [6, 6.07) is 8.04. The summed E-state index contributed by atoms with van der Waals surface area (Å²) in [7, 11) is 0. The predicted octanol–water partition coefficient (Wildman–Crippen LogP) is 6.34. The highest BCUT2D eigenvalue weighted by Gasteiger charge is 2.24. The van der Waals surface area contributed by atoms with Crippen molar-refractivity contribution >= 4 is 17.7 Å². The van der Waals surface area contributed by atoms with Gasteiger partial charge in [-0.1, -0.05) is 134 Å². The van der Waals surface area contributed by atoms with Crippen LogP contribution in [0.4, 0.5) is 0 Å². The lowest BCUT2D eigenvalue weighted by molar-refractivity contribution is -0.130. The van der Waals surface area contributed by atoms with Crippen molar-refractivity contribution in [3.05, 3.63) is 35.9 Å². The lowest BCUT2D eigenvalue weighted by Crippen LogP contribution is -2.52. The minimum Gasteiger partial charge on any atom is -0.356 e. The first-order valence-electron chi connectivity index (χ1n) is 16.6. The largest absolute Gasteiger partial charge is 0.356 e. The fourth-order valence-corrected chi connectivity index (χ4v) is 4.95. The molecule has 0 radical (unpaired) electrons. The van der Waals surface area contributed by atoms with Crippen molar-refractivity contribution in [3.8, 4) is 0 Å². The molecule has 1 aromatic rings. The Morgan fingerprint density at radius 3 is 1.68 bits per heavy atom. The molecule has 234 valence electrons. The molecule has 5 N–H and O–H groups in total. The maximum absolute atomic E-state index is 13.0. The zero-order valence-corrected chi connectivity index (χ0v) is 26.2. The summed E-state index contributed by atoms with van der Waals surface area (Å²) in [5.74, 6) is -0.707. The average Bonchev–Trinajstić information content (AvgIpc) is 2.97. The number of amides is 3. The third-order valence-electron chi connectivity index (χ3n) is 7.61. The van der Waals surface area contributed by atoms with E-state index in [0.29, 0.717) is 19.5 Å². The third kappa shape index (κ3) is 20.2. The Morgan fingerprint density at radius 2 is 1.15 bits per heavy atom. The van der Waals surface area contributed by atoms with E-state index in [2.05, 4.69) is 29.8 Å². The summed E-state index contributed by atoms with van der Waals surface area (Å²) < 4.78 is 0. The maximum atomic E-state index is 13.0. The van der Waals surface area contributed by atoms with Gasteiger partial charge in [-0.25, -0.2) is 0 Å². The first-order chi connectivity index (χ1) is 20.0. The van der Waals surface area contributed by atoms with Gasteiger partial charge in [0.15, 0.2) is 0 Å². The van der Waals surface area contributed by atoms with Crippen molar-refractivity contribution in [2.24, 2.45) is 5.73 Å². The van der Waals surface area contributed by atoms with Crippen LogP contribution in [0.15, 0.2) is 30.3 Å². The van der Waals surface area contributed by atoms with Crippen LogP contribution in [0.3, 0.4) is 0 Å². The number of nitrogens with two attached hydrogens (primary N) is 1. The topological polar surface area (TPSA) is 113 Å². The van der Waals surface area contributed by atoms with Gasteiger partial charge in [0.05, 0.1) is 6.04 Å². The van der Waals surface area contributed by atoms with Gasteiger partial charge in [0.1, 0.15) is 6.04 Å². The zero-order chi connectivity index (χ0) is 30.0. The van der Waals surface area contributed by atoms with E-state index in [1.807, 2.05) is 30.3 Å². The van der Waals surface area contributed by atoms with Crippen LogP contribution in [0.25, 0.3) is 0 Å². The molecular weight excluding hydrogens is 512 g/mol. The molecule has 0 fully saturated rings. The van der Waals surface area contributed by atoms with Crippen LogP contribution < -0.4 is 21.7 Å². The smallest absolute Gasteiger partial charge is 0.242 e. The van der Waals surface area contributed by atoms with Crippen LogP contribution in [-0.4, -0.2) is 42.9 Å². The summed E-state index contributed by atoms with van der Waals surface area (Å²) in [5, 5.41) is 8.77. The van der Waals surface area contributed by atoms with Crippen LogP contribution >= 0.6 is 0 Å². The lowest BCUT2D eigenvalue weighted by Gasteiger charge is -2.21. The summed E-state index contributed by atoms with van der Waals surface area (Å²) in [4.78, 5) is 38.4. The van der Waals surface area contributed by atoms with Crippen LogP contribution in [-0.2, 0) is 20.8 Å². The third-order valence-corrected chi connectivity index (χ3v) is 7.61. The molecule has 7 nitrogen and oxygen atoms in total. The molecule has 0 aliphatic heterocycles. The number of benzene rings is 1. The van der Waals surface area contributed by atoms with Gasteiger partial charge in [-0.05, 0) is 31.2 Å². The van der Waals surface area contributed by atoms with Gasteiger partial charge >= 0.3 is 0 Å². The average molecular weight is 573 g/mol. The maximum Gasteiger partial charge on any atom is 0.242 e. The summed E-state index contributed by atoms with van der Waals surface area (Å²) >= 11 is 0. The number of carbonyl (C=O) groups is 3. The minimum absolute atomic E-state index is 0.0864. The number of carbonyl (C=O) groups excluding carboxylic acids is 3. The van der Waals surface area contributed by atoms with Crippen molar-refractivity contribution in [1.29, 1.82) is 0 Å². The quantitative estimate of drug-likeness (QED) is 0.0971. The second-order valence-electron chi connectivity index (χ2n) is 11.5. The van der Waals surface area contributed by atoms with E-state index in [0.717, 1.165) is 31.2 Å². The molecule has 0 heterocycles. The van der Waals surface area contributed by atoms with E-state index < -0.39 is 12.1 Å². The Balaban J connectivity index is 2.45. The molecule has 7 heteroatoms. The van der Waals surface area contributed by atoms with E-state index in [9.17, 15) is 14.4 Å². The molecule has 1 aromatic carbocycles. The lowest BCUT2D eigenvalue weighted by atomic mass is 10.0. The van der Waals surface area contributed by atoms with Gasteiger partial charge < -0.3 is 21.7 Å². The standard InChI is InChI=1S/C34H60N4O3/c1-3-5-7-9-11-13-15-20-26-36-32(39)25-24-31(34(41)37-27-21-16-14-12-10-8-6-4-2)38-33(40)30(35)28-29-22-18-17-19-23-29/h17-19,22-23,30-31H,3-16,20-21,24-28,35H2,1-2H3,(H,36,39)(H,37,41)(H,38,40)/t30-,31-/m0/s1. The summed E-state index contributed by atoms with van der Waals surface area (Å²) in [6.07, 6.45) is 20.1. The van der Waals surface area contributed by atoms with E-state index in [4.69, 9.17) is 5.73 Å². The van der Waals surface area contributed by atoms with Crippen molar-refractivity contribution in [2.45, 2.75) is 148 Å². The van der Waals surface area contributed by atoms with Crippen LogP contribution in [0.2, 0.25) is 0 Å². The first-order valence-corrected chi connectivity index (χ1v) is 16.6. The number of hydrogen-bond acceptors (Lipinski definition) is 4. The van der Waals surface area contributed by atoms with Gasteiger partial charge in [0, 0.05) is 19.5 Å². The molecule has 0 aliphatic carbocycles. The molecule has 0 unspecified atom stereocenters. The Hall–Kier alpha value is -2.41. The van der Waals surface area contributed by atoms with Crippen LogP contribution in [0.5, 0.6) is 0 Å². The number of hydrogen-bond donors (Lipinski definition) is 4. The normalized spacial score (nSPS) is 12.5. The van der Waals surface area contributed by atoms with E-state index >= 15 is 0 Å². The van der Waals surface area contributed by atoms with Crippen molar-refractivity contribution in [2.75, 3.05) is 13.1 Å². The highest BCUT2D eigenvalue weighted by molar-refractivity contribution is 5.90. The zero-order valence-electron chi connectivity index (χ0n) is 26.2. The second-order valence-corrected chi connectivity index (χ2v) is 11.5. The van der Waals surface area contributed by atoms with E-state index in [-0.39, 0.29) is 30.6 Å². The fourth-order valence-electron chi connectivity index (χ4n) is 4.95. The van der Waals surface area contributed by atoms with Gasteiger partial charge in [0.2, 0.25) is 17.7 Å². The molecule has 0 aliphatic rings. The Bertz CT molecular complexity index is 802. The number of rotatable bonds is 26. The van der Waals surface area contributed by atoms with Crippen molar-refractivity contribution in [1.82, 2.24) is 16.0 Å². The van der Waals surface area contributed by atoms with Gasteiger partial charge in [0.25, 0.3) is 0 Å². The molecular formula is C34H60N4O3. The molecule has 0 spiro atoms. The van der Waals surface area contributed by atoms with Crippen molar-refractivity contribution in [3.63, 3.8) is 0 Å². The number of unbranched alkanes of at least 4 members (excludes halogenated alkanes) is 14. The molecule has 0 saturated heterocycles. The molecule has 3 amide bonds. The Labute approximate surface area is 250 Å². The molecule has 0 bridgehead atoms. The first kappa shape index (κ1) is 36.6. The SMILES string of the molecule is CCCCCCCCCCNC(=O)CC[C@H](NC(=O)[C@@H](N)Cc1ccccc1)C(=O)NCCCCCCCCCC. The number of nitrogens with one attached hydrogen (secondary N) is 3. The molecule has 0 aromatic heterocycles. The molecule has 2 atom stereocenters. The van der Waals surface area contributed by atoms with Crippen LogP contribution in [0.1, 0.15) is 135 Å². The Morgan fingerprint density at radius 1 is 0.659 bits per heavy atom. The fraction of sp³-hybridized carbons (Fsp3) is 0.735. The van der Waals surface area contributed by atoms with Gasteiger partial charge in [-0.15, -0.1) is 0 Å². The van der Waals surface area contributed by atoms with E-state index in [1.165, 1.54) is 77.0 Å².